The number of benzene rings is 2. The topological polar surface area (TPSA) is 20.2 Å². The minimum absolute atomic E-state index is 0.0204. The first-order valence-corrected chi connectivity index (χ1v) is 6.24. The van der Waals surface area contributed by atoms with Gasteiger partial charge >= 0.3 is 0 Å². The average molecular weight is 334 g/mol. The van der Waals surface area contributed by atoms with Gasteiger partial charge in [0.15, 0.2) is 0 Å². The molecule has 0 saturated carbocycles. The summed E-state index contributed by atoms with van der Waals surface area (Å²) in [5.41, 5.74) is 0.332. The van der Waals surface area contributed by atoms with Crippen molar-refractivity contribution < 1.29 is 13.9 Å². The molecule has 0 radical (unpaired) electrons. The first-order chi connectivity index (χ1) is 8.49. The van der Waals surface area contributed by atoms with Crippen LogP contribution in [-0.4, -0.2) is 5.11 Å². The summed E-state index contributed by atoms with van der Waals surface area (Å²) >= 11 is 8.60. The predicted molar refractivity (Wildman–Crippen MR) is 69.6 cm³/mol. The Kier molecular flexibility index (Phi) is 4.00. The molecule has 0 heterocycles. The lowest BCUT2D eigenvalue weighted by atomic mass is 10.0. The third kappa shape index (κ3) is 2.71. The summed E-state index contributed by atoms with van der Waals surface area (Å²) < 4.78 is 27.0. The molecule has 18 heavy (non-hydrogen) atoms. The maximum absolute atomic E-state index is 13.7. The Bertz CT molecular complexity index is 572. The summed E-state index contributed by atoms with van der Waals surface area (Å²) in [6.45, 7) is 0. The quantitative estimate of drug-likeness (QED) is 0.804. The monoisotopic (exact) mass is 332 g/mol. The molecule has 0 aliphatic carbocycles. The molecule has 0 aromatic heterocycles. The standard InChI is InChI=1S/C13H8BrClF2O/c14-10-6-11(16)9(5-12(10)17)13(18)7-1-3-8(15)4-2-7/h1-6,13,18H. The van der Waals surface area contributed by atoms with E-state index in [1.807, 2.05) is 0 Å². The highest BCUT2D eigenvalue weighted by Crippen LogP contribution is 2.28. The lowest BCUT2D eigenvalue weighted by Crippen LogP contribution is -2.03. The number of hydrogen-bond acceptors (Lipinski definition) is 1. The third-order valence-electron chi connectivity index (χ3n) is 2.52. The summed E-state index contributed by atoms with van der Waals surface area (Å²) in [5, 5.41) is 10.5. The highest BCUT2D eigenvalue weighted by atomic mass is 79.9. The first-order valence-electron chi connectivity index (χ1n) is 5.07. The van der Waals surface area contributed by atoms with Crippen molar-refractivity contribution >= 4 is 27.5 Å². The largest absolute Gasteiger partial charge is 0.384 e. The number of hydrogen-bond donors (Lipinski definition) is 1. The van der Waals surface area contributed by atoms with Crippen LogP contribution in [0.25, 0.3) is 0 Å². The second kappa shape index (κ2) is 5.34. The van der Waals surface area contributed by atoms with Crippen LogP contribution in [0.2, 0.25) is 5.02 Å². The molecule has 0 saturated heterocycles. The highest BCUT2D eigenvalue weighted by Gasteiger charge is 2.17. The molecule has 0 fully saturated rings. The van der Waals surface area contributed by atoms with Gasteiger partial charge in [0.1, 0.15) is 17.7 Å². The van der Waals surface area contributed by atoms with Crippen molar-refractivity contribution in [3.8, 4) is 0 Å². The Morgan fingerprint density at radius 1 is 1.06 bits per heavy atom. The molecule has 1 atom stereocenters. The van der Waals surface area contributed by atoms with Crippen molar-refractivity contribution in [3.05, 3.63) is 68.7 Å². The normalized spacial score (nSPS) is 12.5. The van der Waals surface area contributed by atoms with Gasteiger partial charge in [0.2, 0.25) is 0 Å². The minimum Gasteiger partial charge on any atom is -0.384 e. The SMILES string of the molecule is OC(c1ccc(Cl)cc1)c1cc(F)c(Br)cc1F. The summed E-state index contributed by atoms with van der Waals surface area (Å²) in [6.07, 6.45) is -1.23. The van der Waals surface area contributed by atoms with Gasteiger partial charge in [0.05, 0.1) is 4.47 Å². The van der Waals surface area contributed by atoms with E-state index in [-0.39, 0.29) is 10.0 Å². The second-order valence-corrected chi connectivity index (χ2v) is 5.03. The fourth-order valence-corrected chi connectivity index (χ4v) is 2.01. The number of halogens is 4. The van der Waals surface area contributed by atoms with Gasteiger partial charge in [-0.2, -0.15) is 0 Å². The van der Waals surface area contributed by atoms with Crippen LogP contribution in [0.4, 0.5) is 8.78 Å². The Morgan fingerprint density at radius 3 is 2.28 bits per heavy atom. The number of rotatable bonds is 2. The summed E-state index contributed by atoms with van der Waals surface area (Å²) in [7, 11) is 0. The van der Waals surface area contributed by atoms with Crippen LogP contribution < -0.4 is 0 Å². The molecule has 0 spiro atoms. The summed E-state index contributed by atoms with van der Waals surface area (Å²) in [4.78, 5) is 0. The summed E-state index contributed by atoms with van der Waals surface area (Å²) in [6, 6.07) is 8.24. The van der Waals surface area contributed by atoms with Gasteiger partial charge in [-0.25, -0.2) is 8.78 Å². The van der Waals surface area contributed by atoms with Crippen molar-refractivity contribution in [1.29, 1.82) is 0 Å². The molecule has 94 valence electrons. The van der Waals surface area contributed by atoms with Crippen LogP contribution in [0.5, 0.6) is 0 Å². The molecule has 0 bridgehead atoms. The van der Waals surface area contributed by atoms with Gasteiger partial charge in [0, 0.05) is 10.6 Å². The van der Waals surface area contributed by atoms with Crippen LogP contribution in [0.15, 0.2) is 40.9 Å². The lowest BCUT2D eigenvalue weighted by Gasteiger charge is -2.13. The zero-order valence-corrected chi connectivity index (χ0v) is 11.3. The number of aliphatic hydroxyl groups excluding tert-OH is 1. The van der Waals surface area contributed by atoms with E-state index >= 15 is 0 Å². The molecule has 1 nitrogen and oxygen atoms in total. The summed E-state index contributed by atoms with van der Waals surface area (Å²) in [5.74, 6) is -1.30. The van der Waals surface area contributed by atoms with E-state index in [0.717, 1.165) is 12.1 Å². The van der Waals surface area contributed by atoms with Gasteiger partial charge in [-0.15, -0.1) is 0 Å². The Hall–Kier alpha value is -0.970. The predicted octanol–water partition coefficient (Wildman–Crippen LogP) is 4.46. The zero-order chi connectivity index (χ0) is 13.3. The van der Waals surface area contributed by atoms with E-state index in [1.54, 1.807) is 24.3 Å². The van der Waals surface area contributed by atoms with Crippen molar-refractivity contribution in [3.63, 3.8) is 0 Å². The molecule has 2 aromatic rings. The van der Waals surface area contributed by atoms with Crippen LogP contribution >= 0.6 is 27.5 Å². The lowest BCUT2D eigenvalue weighted by molar-refractivity contribution is 0.214. The third-order valence-corrected chi connectivity index (χ3v) is 3.38. The molecule has 0 aliphatic heterocycles. The van der Waals surface area contributed by atoms with E-state index < -0.39 is 17.7 Å². The van der Waals surface area contributed by atoms with Crippen molar-refractivity contribution in [2.24, 2.45) is 0 Å². The first kappa shape index (κ1) is 13.5. The van der Waals surface area contributed by atoms with Gasteiger partial charge in [0.25, 0.3) is 0 Å². The van der Waals surface area contributed by atoms with Crippen LogP contribution in [0.3, 0.4) is 0 Å². The number of aliphatic hydroxyl groups is 1. The van der Waals surface area contributed by atoms with E-state index in [9.17, 15) is 13.9 Å². The fraction of sp³-hybridized carbons (Fsp3) is 0.0769. The molecular formula is C13H8BrClF2O. The van der Waals surface area contributed by atoms with Crippen molar-refractivity contribution in [1.82, 2.24) is 0 Å². The molecule has 0 aliphatic rings. The zero-order valence-electron chi connectivity index (χ0n) is 9.00. The molecular weight excluding hydrogens is 325 g/mol. The Labute approximate surface area is 116 Å². The smallest absolute Gasteiger partial charge is 0.137 e. The minimum atomic E-state index is -1.23. The van der Waals surface area contributed by atoms with Crippen LogP contribution in [0, 0.1) is 11.6 Å². The van der Waals surface area contributed by atoms with E-state index in [1.165, 1.54) is 0 Å². The molecule has 0 amide bonds. The van der Waals surface area contributed by atoms with E-state index in [2.05, 4.69) is 15.9 Å². The Morgan fingerprint density at radius 2 is 1.67 bits per heavy atom. The molecule has 1 N–H and O–H groups in total. The maximum atomic E-state index is 13.7. The second-order valence-electron chi connectivity index (χ2n) is 3.74. The van der Waals surface area contributed by atoms with Gasteiger partial charge in [-0.1, -0.05) is 23.7 Å². The van der Waals surface area contributed by atoms with Gasteiger partial charge < -0.3 is 5.11 Å². The highest BCUT2D eigenvalue weighted by molar-refractivity contribution is 9.10. The maximum Gasteiger partial charge on any atom is 0.137 e. The molecule has 5 heteroatoms. The van der Waals surface area contributed by atoms with E-state index in [0.29, 0.717) is 10.6 Å². The van der Waals surface area contributed by atoms with Crippen molar-refractivity contribution in [2.45, 2.75) is 6.10 Å². The molecule has 2 aromatic carbocycles. The van der Waals surface area contributed by atoms with E-state index in [4.69, 9.17) is 11.6 Å². The van der Waals surface area contributed by atoms with Gasteiger partial charge in [-0.05, 0) is 45.8 Å². The molecule has 2 rings (SSSR count). The van der Waals surface area contributed by atoms with Crippen LogP contribution in [-0.2, 0) is 0 Å². The van der Waals surface area contributed by atoms with Crippen molar-refractivity contribution in [2.75, 3.05) is 0 Å². The fourth-order valence-electron chi connectivity index (χ4n) is 1.57. The Balaban J connectivity index is 2.42. The average Bonchev–Trinajstić information content (AvgIpc) is 2.34. The van der Waals surface area contributed by atoms with Crippen LogP contribution in [0.1, 0.15) is 17.2 Å². The van der Waals surface area contributed by atoms with Gasteiger partial charge in [-0.3, -0.25) is 0 Å². The molecule has 1 unspecified atom stereocenters.